The van der Waals surface area contributed by atoms with E-state index in [0.717, 1.165) is 17.8 Å². The number of amides is 1. The molecule has 0 saturated carbocycles. The zero-order valence-electron chi connectivity index (χ0n) is 13.2. The van der Waals surface area contributed by atoms with Crippen LogP contribution in [0.3, 0.4) is 0 Å². The van der Waals surface area contributed by atoms with Gasteiger partial charge in [-0.25, -0.2) is 4.98 Å². The molecule has 1 aliphatic rings. The second kappa shape index (κ2) is 6.05. The number of benzene rings is 1. The lowest BCUT2D eigenvalue weighted by molar-refractivity contribution is -0.114. The van der Waals surface area contributed by atoms with Gasteiger partial charge in [0.15, 0.2) is 5.13 Å². The van der Waals surface area contributed by atoms with Gasteiger partial charge in [0.1, 0.15) is 0 Å². The van der Waals surface area contributed by atoms with Crippen LogP contribution in [0, 0.1) is 0 Å². The number of hydrogen-bond donors (Lipinski definition) is 1. The Hall–Kier alpha value is -2.73. The smallest absolute Gasteiger partial charge is 0.245 e. The van der Waals surface area contributed by atoms with Crippen LogP contribution in [-0.4, -0.2) is 29.5 Å². The van der Waals surface area contributed by atoms with E-state index in [0.29, 0.717) is 5.13 Å². The molecule has 4 rings (SSSR count). The largest absolute Gasteiger partial charge is 0.365 e. The lowest BCUT2D eigenvalue weighted by Gasteiger charge is -2.17. The van der Waals surface area contributed by atoms with Crippen molar-refractivity contribution in [2.75, 3.05) is 23.8 Å². The monoisotopic (exact) mass is 336 g/mol. The Balaban J connectivity index is 1.45. The highest BCUT2D eigenvalue weighted by atomic mass is 32.1. The number of aromatic nitrogens is 2. The summed E-state index contributed by atoms with van der Waals surface area (Å²) in [5.41, 5.74) is 4.45. The molecule has 0 saturated heterocycles. The Morgan fingerprint density at radius 1 is 1.25 bits per heavy atom. The number of nitrogens with zero attached hydrogens (tertiary/aromatic N) is 3. The summed E-state index contributed by atoms with van der Waals surface area (Å²) in [5.74, 6) is -0.0741. The van der Waals surface area contributed by atoms with Crippen molar-refractivity contribution in [3.63, 3.8) is 0 Å². The molecule has 1 amide bonds. The summed E-state index contributed by atoms with van der Waals surface area (Å²) < 4.78 is 0. The van der Waals surface area contributed by atoms with E-state index in [-0.39, 0.29) is 12.5 Å². The molecule has 5 nitrogen and oxygen atoms in total. The summed E-state index contributed by atoms with van der Waals surface area (Å²) in [4.78, 5) is 24.0. The van der Waals surface area contributed by atoms with Gasteiger partial charge in [-0.3, -0.25) is 9.78 Å². The minimum Gasteiger partial charge on any atom is -0.365 e. The number of fused-ring (bicyclic) bond motifs is 3. The van der Waals surface area contributed by atoms with Gasteiger partial charge in [-0.15, -0.1) is 11.3 Å². The molecule has 120 valence electrons. The highest BCUT2D eigenvalue weighted by Crippen LogP contribution is 2.40. The van der Waals surface area contributed by atoms with Crippen LogP contribution in [-0.2, 0) is 11.2 Å². The molecule has 0 unspecified atom stereocenters. The first-order chi connectivity index (χ1) is 11.7. The summed E-state index contributed by atoms with van der Waals surface area (Å²) in [6.45, 7) is 0.269. The maximum Gasteiger partial charge on any atom is 0.245 e. The van der Waals surface area contributed by atoms with Crippen LogP contribution in [0.1, 0.15) is 10.4 Å². The van der Waals surface area contributed by atoms with E-state index in [1.54, 1.807) is 23.7 Å². The third-order valence-corrected chi connectivity index (χ3v) is 5.02. The topological polar surface area (TPSA) is 58.1 Å². The number of nitrogens with one attached hydrogen (secondary N) is 1. The number of hydrogen-bond acceptors (Lipinski definition) is 5. The fourth-order valence-electron chi connectivity index (χ4n) is 2.88. The second-order valence-electron chi connectivity index (χ2n) is 5.73. The van der Waals surface area contributed by atoms with E-state index in [1.165, 1.54) is 16.0 Å². The first-order valence-corrected chi connectivity index (χ1v) is 8.51. The van der Waals surface area contributed by atoms with Crippen LogP contribution in [0.5, 0.6) is 0 Å². The third-order valence-electron chi connectivity index (χ3n) is 4.05. The standard InChI is InChI=1S/C18H16N4OS/c1-22(13-6-8-19-9-7-13)11-16(23)20-18-21-17-14-5-3-2-4-12(14)10-15(17)24-18/h2-9H,10-11H2,1H3,(H,20,21,23). The molecule has 2 aromatic heterocycles. The van der Waals surface area contributed by atoms with Crippen LogP contribution < -0.4 is 10.2 Å². The maximum atomic E-state index is 12.3. The highest BCUT2D eigenvalue weighted by molar-refractivity contribution is 7.16. The summed E-state index contributed by atoms with van der Waals surface area (Å²) in [6.07, 6.45) is 4.33. The summed E-state index contributed by atoms with van der Waals surface area (Å²) in [5, 5.41) is 3.58. The van der Waals surface area contributed by atoms with Crippen LogP contribution in [0.2, 0.25) is 0 Å². The molecule has 0 aliphatic heterocycles. The van der Waals surface area contributed by atoms with E-state index in [1.807, 2.05) is 36.2 Å². The van der Waals surface area contributed by atoms with Crippen molar-refractivity contribution in [2.45, 2.75) is 6.42 Å². The van der Waals surface area contributed by atoms with Crippen molar-refractivity contribution in [1.29, 1.82) is 0 Å². The minimum absolute atomic E-state index is 0.0741. The van der Waals surface area contributed by atoms with Gasteiger partial charge >= 0.3 is 0 Å². The molecule has 3 aromatic rings. The van der Waals surface area contributed by atoms with E-state index >= 15 is 0 Å². The quantitative estimate of drug-likeness (QED) is 0.622. The van der Waals surface area contributed by atoms with E-state index in [4.69, 9.17) is 0 Å². The number of likely N-dealkylation sites (N-methyl/N-ethyl adjacent to an activating group) is 1. The number of pyridine rings is 1. The minimum atomic E-state index is -0.0741. The van der Waals surface area contributed by atoms with Gasteiger partial charge in [0.05, 0.1) is 12.2 Å². The Morgan fingerprint density at radius 2 is 2.04 bits per heavy atom. The van der Waals surface area contributed by atoms with E-state index in [9.17, 15) is 4.79 Å². The van der Waals surface area contributed by atoms with Crippen molar-refractivity contribution in [3.05, 3.63) is 59.2 Å². The van der Waals surface area contributed by atoms with Gasteiger partial charge < -0.3 is 10.2 Å². The van der Waals surface area contributed by atoms with Crippen molar-refractivity contribution < 1.29 is 4.79 Å². The zero-order valence-corrected chi connectivity index (χ0v) is 14.0. The zero-order chi connectivity index (χ0) is 16.5. The van der Waals surface area contributed by atoms with Crippen LogP contribution in [0.25, 0.3) is 11.3 Å². The van der Waals surface area contributed by atoms with Crippen molar-refractivity contribution >= 4 is 28.1 Å². The number of rotatable bonds is 4. The number of anilines is 2. The summed E-state index contributed by atoms with van der Waals surface area (Å²) >= 11 is 1.56. The molecule has 0 radical (unpaired) electrons. The molecule has 2 heterocycles. The molecular formula is C18H16N4OS. The third kappa shape index (κ3) is 2.76. The van der Waals surface area contributed by atoms with Crippen molar-refractivity contribution in [1.82, 2.24) is 9.97 Å². The Bertz CT molecular complexity index is 891. The Kier molecular flexibility index (Phi) is 3.74. The number of thiazole rings is 1. The van der Waals surface area contributed by atoms with Gasteiger partial charge in [-0.1, -0.05) is 24.3 Å². The number of carbonyl (C=O) groups is 1. The molecule has 1 N–H and O–H groups in total. The summed E-state index contributed by atoms with van der Waals surface area (Å²) in [6, 6.07) is 12.0. The molecule has 0 atom stereocenters. The van der Waals surface area contributed by atoms with Gasteiger partial charge in [0.2, 0.25) is 5.91 Å². The van der Waals surface area contributed by atoms with Crippen molar-refractivity contribution in [2.24, 2.45) is 0 Å². The molecule has 1 aromatic carbocycles. The predicted molar refractivity (Wildman–Crippen MR) is 96.5 cm³/mol. The molecule has 24 heavy (non-hydrogen) atoms. The second-order valence-corrected chi connectivity index (χ2v) is 6.82. The average Bonchev–Trinajstić information content (AvgIpc) is 3.12. The summed E-state index contributed by atoms with van der Waals surface area (Å²) in [7, 11) is 1.88. The van der Waals surface area contributed by atoms with Gasteiger partial charge in [0, 0.05) is 42.0 Å². The van der Waals surface area contributed by atoms with E-state index < -0.39 is 0 Å². The first kappa shape index (κ1) is 14.8. The lowest BCUT2D eigenvalue weighted by Crippen LogP contribution is -2.30. The molecular weight excluding hydrogens is 320 g/mol. The fraction of sp³-hybridized carbons (Fsp3) is 0.167. The molecule has 6 heteroatoms. The molecule has 0 spiro atoms. The van der Waals surface area contributed by atoms with E-state index in [2.05, 4.69) is 27.4 Å². The van der Waals surface area contributed by atoms with Crippen molar-refractivity contribution in [3.8, 4) is 11.3 Å². The molecule has 0 bridgehead atoms. The normalized spacial score (nSPS) is 11.7. The van der Waals surface area contributed by atoms with Crippen LogP contribution in [0.15, 0.2) is 48.8 Å². The van der Waals surface area contributed by atoms with Crippen LogP contribution in [0.4, 0.5) is 10.8 Å². The van der Waals surface area contributed by atoms with Gasteiger partial charge in [-0.05, 0) is 17.7 Å². The number of carbonyl (C=O) groups excluding carboxylic acids is 1. The maximum absolute atomic E-state index is 12.3. The SMILES string of the molecule is CN(CC(=O)Nc1nc2c(s1)Cc1ccccc1-2)c1ccncc1. The van der Waals surface area contributed by atoms with Crippen LogP contribution >= 0.6 is 11.3 Å². The lowest BCUT2D eigenvalue weighted by atomic mass is 10.1. The molecule has 0 fully saturated rings. The highest BCUT2D eigenvalue weighted by Gasteiger charge is 2.23. The van der Waals surface area contributed by atoms with Gasteiger partial charge in [-0.2, -0.15) is 0 Å². The average molecular weight is 336 g/mol. The fourth-order valence-corrected chi connectivity index (χ4v) is 3.89. The Labute approximate surface area is 144 Å². The first-order valence-electron chi connectivity index (χ1n) is 7.70. The predicted octanol–water partition coefficient (Wildman–Crippen LogP) is 3.18. The van der Waals surface area contributed by atoms with Gasteiger partial charge in [0.25, 0.3) is 0 Å². The Morgan fingerprint density at radius 3 is 2.88 bits per heavy atom. The molecule has 1 aliphatic carbocycles.